The number of hydrogen-bond acceptors (Lipinski definition) is 8. The Morgan fingerprint density at radius 3 is 0.887 bits per heavy atom. The fourth-order valence-corrected chi connectivity index (χ4v) is 6.31. The molecule has 252 valence electrons. The summed E-state index contributed by atoms with van der Waals surface area (Å²) < 4.78 is 0. The molecular formula is C40H22HfN8O4-2. The number of fused-ring (bicyclic) bond motifs is 20. The van der Waals surface area contributed by atoms with Gasteiger partial charge < -0.3 is 40.1 Å². The van der Waals surface area contributed by atoms with Gasteiger partial charge in [0, 0.05) is 70.7 Å². The molecule has 12 nitrogen and oxygen atoms in total. The van der Waals surface area contributed by atoms with Crippen molar-refractivity contribution >= 4 is 56.1 Å². The molecule has 13 heteroatoms. The molecule has 0 saturated carbocycles. The maximum Gasteiger partial charge on any atom is 0.336 e. The summed E-state index contributed by atoms with van der Waals surface area (Å²) in [4.78, 5) is 60.2. The minimum Gasteiger partial charge on any atom is -0.478 e. The summed E-state index contributed by atoms with van der Waals surface area (Å²) in [5.74, 6) is -0.249. The van der Waals surface area contributed by atoms with Crippen molar-refractivity contribution in [2.75, 3.05) is 0 Å². The summed E-state index contributed by atoms with van der Waals surface area (Å²) in [5.41, 5.74) is 5.40. The minimum atomic E-state index is -1.23. The Labute approximate surface area is 318 Å². The largest absolute Gasteiger partial charge is 0.478 e. The number of hydrogen-bond donors (Lipinski definition) is 2. The fraction of sp³-hybridized carbons (Fsp3) is 0. The van der Waals surface area contributed by atoms with Crippen LogP contribution >= 0.6 is 0 Å². The van der Waals surface area contributed by atoms with Crippen LogP contribution in [0.2, 0.25) is 0 Å². The van der Waals surface area contributed by atoms with Crippen molar-refractivity contribution in [1.82, 2.24) is 39.9 Å². The molecule has 2 aliphatic rings. The van der Waals surface area contributed by atoms with E-state index >= 15 is 0 Å². The normalized spacial score (nSPS) is 11.2. The van der Waals surface area contributed by atoms with Gasteiger partial charge in [0.25, 0.3) is 0 Å². The molecule has 0 radical (unpaired) electrons. The van der Waals surface area contributed by atoms with Crippen LogP contribution in [0.1, 0.15) is 20.7 Å². The van der Waals surface area contributed by atoms with Gasteiger partial charge in [-0.05, 0) is 33.7 Å². The van der Waals surface area contributed by atoms with Crippen LogP contribution in [0.25, 0.3) is 89.7 Å². The maximum atomic E-state index is 10.5. The molecule has 0 unspecified atom stereocenters. The van der Waals surface area contributed by atoms with Crippen molar-refractivity contribution < 1.29 is 45.6 Å². The predicted molar refractivity (Wildman–Crippen MR) is 194 cm³/mol. The maximum absolute atomic E-state index is 10.5. The van der Waals surface area contributed by atoms with E-state index in [2.05, 4.69) is 0 Å². The summed E-state index contributed by atoms with van der Waals surface area (Å²) in [6.07, 6.45) is 0. The van der Waals surface area contributed by atoms with Crippen LogP contribution in [0.15, 0.2) is 121 Å². The Hall–Kier alpha value is -6.73. The minimum absolute atomic E-state index is 0. The molecule has 3 aromatic heterocycles. The Morgan fingerprint density at radius 2 is 0.623 bits per heavy atom. The molecule has 0 amide bonds. The Morgan fingerprint density at radius 1 is 0.377 bits per heavy atom. The smallest absolute Gasteiger partial charge is 0.336 e. The van der Waals surface area contributed by atoms with Gasteiger partial charge in [0.15, 0.2) is 0 Å². The van der Waals surface area contributed by atoms with Crippen LogP contribution in [-0.4, -0.2) is 52.1 Å². The number of carboxylic acid groups (broad SMARTS) is 2. The van der Waals surface area contributed by atoms with Crippen LogP contribution in [-0.2, 0) is 25.8 Å². The monoisotopic (exact) mass is 858 g/mol. The predicted octanol–water partition coefficient (Wildman–Crippen LogP) is 7.21. The number of aromatic carboxylic acids is 2. The van der Waals surface area contributed by atoms with Gasteiger partial charge in [-0.1, -0.05) is 109 Å². The second-order valence-corrected chi connectivity index (χ2v) is 11.8. The Kier molecular flexibility index (Phi) is 8.47. The first-order valence-electron chi connectivity index (χ1n) is 16.1. The Bertz CT molecular complexity index is 2600. The molecule has 0 aliphatic carbocycles. The molecule has 2 N–H and O–H groups in total. The quantitative estimate of drug-likeness (QED) is 0.167. The summed E-state index contributed by atoms with van der Waals surface area (Å²) in [5, 5.41) is 20.7. The van der Waals surface area contributed by atoms with E-state index in [4.69, 9.17) is 50.1 Å². The molecule has 2 aliphatic heterocycles. The molecule has 10 rings (SSSR count). The first-order valence-corrected chi connectivity index (χ1v) is 16.1. The third-order valence-electron chi connectivity index (χ3n) is 8.72. The third-order valence-corrected chi connectivity index (χ3v) is 8.72. The van der Waals surface area contributed by atoms with Crippen molar-refractivity contribution in [3.8, 4) is 45.6 Å². The van der Waals surface area contributed by atoms with E-state index in [9.17, 15) is 9.59 Å². The van der Waals surface area contributed by atoms with E-state index in [1.807, 2.05) is 97.1 Å². The van der Waals surface area contributed by atoms with Gasteiger partial charge in [0.05, 0.1) is 34.4 Å². The zero-order chi connectivity index (χ0) is 35.3. The average Bonchev–Trinajstić information content (AvgIpc) is 3.91. The number of rotatable bonds is 2. The van der Waals surface area contributed by atoms with Crippen molar-refractivity contribution in [2.24, 2.45) is 0 Å². The van der Waals surface area contributed by atoms with Crippen LogP contribution in [0.4, 0.5) is 0 Å². The van der Waals surface area contributed by atoms with Crippen LogP contribution in [0, 0.1) is 0 Å². The van der Waals surface area contributed by atoms with Gasteiger partial charge in [-0.15, -0.1) is 0 Å². The molecule has 8 aromatic rings. The first kappa shape index (κ1) is 33.4. The molecule has 0 saturated heterocycles. The van der Waals surface area contributed by atoms with Gasteiger partial charge in [0.1, 0.15) is 0 Å². The van der Waals surface area contributed by atoms with Gasteiger partial charge in [-0.2, -0.15) is 0 Å². The number of carbonyl (C=O) groups is 2. The second kappa shape index (κ2) is 13.4. The van der Waals surface area contributed by atoms with E-state index in [1.54, 1.807) is 0 Å². The van der Waals surface area contributed by atoms with E-state index in [0.717, 1.165) is 43.8 Å². The Balaban J connectivity index is 0.000000266. The number of benzene rings is 5. The van der Waals surface area contributed by atoms with Crippen molar-refractivity contribution in [2.45, 2.75) is 0 Å². The number of nitrogens with zero attached hydrogens (tertiary/aromatic N) is 8. The van der Waals surface area contributed by atoms with E-state index in [-0.39, 0.29) is 37.0 Å². The molecule has 0 fully saturated rings. The van der Waals surface area contributed by atoms with Crippen molar-refractivity contribution in [1.29, 1.82) is 0 Å². The van der Waals surface area contributed by atoms with Gasteiger partial charge >= 0.3 is 11.9 Å². The summed E-state index contributed by atoms with van der Waals surface area (Å²) in [6.45, 7) is 0. The van der Waals surface area contributed by atoms with E-state index in [0.29, 0.717) is 45.9 Å². The molecule has 53 heavy (non-hydrogen) atoms. The molecule has 8 bridgehead atoms. The molecule has 5 heterocycles. The van der Waals surface area contributed by atoms with Crippen molar-refractivity contribution in [3.63, 3.8) is 0 Å². The van der Waals surface area contributed by atoms with Gasteiger partial charge in [-0.3, -0.25) is 0 Å². The summed E-state index contributed by atoms with van der Waals surface area (Å²) in [6, 6.07) is 37.3. The van der Waals surface area contributed by atoms with Crippen LogP contribution in [0.3, 0.4) is 0 Å². The van der Waals surface area contributed by atoms with Crippen LogP contribution in [0.5, 0.6) is 0 Å². The zero-order valence-electron chi connectivity index (χ0n) is 27.3. The summed E-state index contributed by atoms with van der Waals surface area (Å²) in [7, 11) is 0. The van der Waals surface area contributed by atoms with Crippen LogP contribution < -0.4 is 9.97 Å². The first-order chi connectivity index (χ1) is 25.4. The molecular weight excluding hydrogens is 835 g/mol. The third kappa shape index (κ3) is 5.86. The van der Waals surface area contributed by atoms with E-state index < -0.39 is 11.9 Å². The SMILES string of the molecule is O=C(O)c1ccccc1C(=O)O.[Hf].c1ccc2c(c1)-c1nc-2nc2[n-]c(nc3nc(nc4[n-]c(n1)c1ccccc41)-c1ccccc1-3)c1ccccc21. The summed E-state index contributed by atoms with van der Waals surface area (Å²) >= 11 is 0. The number of carboxylic acids is 2. The average molecular weight is 857 g/mol. The van der Waals surface area contributed by atoms with Crippen molar-refractivity contribution in [3.05, 3.63) is 132 Å². The molecule has 0 spiro atoms. The number of aromatic nitrogens is 8. The van der Waals surface area contributed by atoms with Gasteiger partial charge in [0.2, 0.25) is 0 Å². The molecule has 0 atom stereocenters. The fourth-order valence-electron chi connectivity index (χ4n) is 6.31. The topological polar surface area (TPSA) is 180 Å². The standard InChI is InChI=1S/C32H16N8.C8H6O4.Hf/c1-2-10-18-17(9-1)25-33-26(18)38-28-21-13-5-6-14-22(21)30(35-28)40-32-24-16-8-7-15-23(24)31(36-32)39-29-20-12-4-3-11-19(20)27(34-29)37-25;9-7(10)5-3-1-2-4-6(5)8(11)12;/h1-16H;1-4H,(H,9,10)(H,11,12);/q-2;;. The zero-order valence-corrected chi connectivity index (χ0v) is 30.9. The van der Waals surface area contributed by atoms with E-state index in [1.165, 1.54) is 24.3 Å². The second-order valence-electron chi connectivity index (χ2n) is 11.8. The van der Waals surface area contributed by atoms with Gasteiger partial charge in [-0.25, -0.2) is 19.6 Å². The molecule has 5 aromatic carbocycles.